The number of nitrogens with one attached hydrogen (secondary N) is 1. The summed E-state index contributed by atoms with van der Waals surface area (Å²) < 4.78 is 26.0. The summed E-state index contributed by atoms with van der Waals surface area (Å²) in [7, 11) is 0. The van der Waals surface area contributed by atoms with Crippen LogP contribution in [0.15, 0.2) is 30.5 Å². The van der Waals surface area contributed by atoms with Crippen molar-refractivity contribution in [1.29, 1.82) is 0 Å². The van der Waals surface area contributed by atoms with Gasteiger partial charge in [0.1, 0.15) is 5.69 Å². The Hall–Kier alpha value is -2.57. The Labute approximate surface area is 127 Å². The number of carbonyl (C=O) groups excluding carboxylic acids is 1. The van der Waals surface area contributed by atoms with Gasteiger partial charge in [-0.15, -0.1) is 0 Å². The van der Waals surface area contributed by atoms with Gasteiger partial charge in [-0.1, -0.05) is 0 Å². The molecule has 1 aromatic carbocycles. The Balaban J connectivity index is 2.18. The van der Waals surface area contributed by atoms with Crippen LogP contribution in [0.1, 0.15) is 24.3 Å². The molecule has 1 aromatic heterocycles. The van der Waals surface area contributed by atoms with Crippen LogP contribution in [0.4, 0.5) is 20.4 Å². The summed E-state index contributed by atoms with van der Waals surface area (Å²) >= 11 is 0. The fourth-order valence-electron chi connectivity index (χ4n) is 1.90. The third-order valence-electron chi connectivity index (χ3n) is 3.10. The number of halogens is 2. The van der Waals surface area contributed by atoms with Crippen LogP contribution in [0.25, 0.3) is 0 Å². The van der Waals surface area contributed by atoms with Crippen molar-refractivity contribution in [2.75, 3.05) is 23.3 Å². The molecule has 2 aromatic rings. The molecular weight excluding hydrogens is 290 g/mol. The van der Waals surface area contributed by atoms with Crippen molar-refractivity contribution in [3.05, 3.63) is 47.8 Å². The number of aromatic nitrogens is 2. The van der Waals surface area contributed by atoms with E-state index in [-0.39, 0.29) is 11.4 Å². The maximum atomic E-state index is 13.1. The lowest BCUT2D eigenvalue weighted by molar-refractivity contribution is 0.102. The van der Waals surface area contributed by atoms with Crippen LogP contribution in [0, 0.1) is 11.6 Å². The van der Waals surface area contributed by atoms with Gasteiger partial charge in [0.15, 0.2) is 11.6 Å². The quantitative estimate of drug-likeness (QED) is 0.923. The molecule has 22 heavy (non-hydrogen) atoms. The van der Waals surface area contributed by atoms with E-state index < -0.39 is 17.5 Å². The van der Waals surface area contributed by atoms with Crippen LogP contribution in [-0.4, -0.2) is 29.0 Å². The normalized spacial score (nSPS) is 10.4. The topological polar surface area (TPSA) is 58.1 Å². The summed E-state index contributed by atoms with van der Waals surface area (Å²) in [4.78, 5) is 22.3. The largest absolute Gasteiger partial charge is 0.341 e. The Morgan fingerprint density at radius 1 is 1.18 bits per heavy atom. The summed E-state index contributed by atoms with van der Waals surface area (Å²) in [5.41, 5.74) is 0.313. The highest BCUT2D eigenvalue weighted by atomic mass is 19.2. The first kappa shape index (κ1) is 15.8. The fraction of sp³-hybridized carbons (Fsp3) is 0.267. The first-order chi connectivity index (χ1) is 10.5. The molecule has 116 valence electrons. The Morgan fingerprint density at radius 3 is 2.55 bits per heavy atom. The molecule has 0 aliphatic rings. The van der Waals surface area contributed by atoms with Gasteiger partial charge in [-0.2, -0.15) is 0 Å². The zero-order chi connectivity index (χ0) is 16.1. The lowest BCUT2D eigenvalue weighted by Gasteiger charge is -2.18. The molecule has 0 aliphatic heterocycles. The smallest absolute Gasteiger partial charge is 0.274 e. The SMILES string of the molecule is CCN(CC)c1nccc(C(=O)Nc2ccc(F)c(F)c2)n1. The molecule has 2 rings (SSSR count). The Bertz CT molecular complexity index is 674. The number of hydrogen-bond donors (Lipinski definition) is 1. The zero-order valence-corrected chi connectivity index (χ0v) is 12.3. The van der Waals surface area contributed by atoms with Crippen molar-refractivity contribution in [2.45, 2.75) is 13.8 Å². The minimum atomic E-state index is -1.02. The summed E-state index contributed by atoms with van der Waals surface area (Å²) in [6, 6.07) is 4.61. The van der Waals surface area contributed by atoms with Crippen molar-refractivity contribution in [3.63, 3.8) is 0 Å². The fourth-order valence-corrected chi connectivity index (χ4v) is 1.90. The van der Waals surface area contributed by atoms with Gasteiger partial charge >= 0.3 is 0 Å². The molecule has 1 N–H and O–H groups in total. The van der Waals surface area contributed by atoms with E-state index in [2.05, 4.69) is 15.3 Å². The first-order valence-electron chi connectivity index (χ1n) is 6.89. The molecule has 7 heteroatoms. The van der Waals surface area contributed by atoms with Crippen LogP contribution < -0.4 is 10.2 Å². The van der Waals surface area contributed by atoms with Gasteiger partial charge in [0.05, 0.1) is 0 Å². The Kier molecular flexibility index (Phi) is 4.98. The number of rotatable bonds is 5. The molecule has 0 saturated heterocycles. The minimum absolute atomic E-state index is 0.154. The van der Waals surface area contributed by atoms with Gasteiger partial charge in [0.2, 0.25) is 5.95 Å². The lowest BCUT2D eigenvalue weighted by atomic mass is 10.3. The number of benzene rings is 1. The summed E-state index contributed by atoms with van der Waals surface area (Å²) in [5.74, 6) is -2.06. The Morgan fingerprint density at radius 2 is 1.91 bits per heavy atom. The van der Waals surface area contributed by atoms with E-state index in [4.69, 9.17) is 0 Å². The molecule has 5 nitrogen and oxygen atoms in total. The van der Waals surface area contributed by atoms with E-state index in [9.17, 15) is 13.6 Å². The van der Waals surface area contributed by atoms with E-state index in [1.807, 2.05) is 18.7 Å². The van der Waals surface area contributed by atoms with Gasteiger partial charge in [-0.05, 0) is 32.0 Å². The molecule has 1 amide bonds. The second-order valence-corrected chi connectivity index (χ2v) is 4.50. The van der Waals surface area contributed by atoms with Gasteiger partial charge in [-0.25, -0.2) is 18.7 Å². The molecule has 0 spiro atoms. The zero-order valence-electron chi connectivity index (χ0n) is 12.3. The van der Waals surface area contributed by atoms with Crippen molar-refractivity contribution in [3.8, 4) is 0 Å². The highest BCUT2D eigenvalue weighted by molar-refractivity contribution is 6.02. The number of carbonyl (C=O) groups is 1. The highest BCUT2D eigenvalue weighted by Crippen LogP contribution is 2.14. The van der Waals surface area contributed by atoms with Crippen LogP contribution in [-0.2, 0) is 0 Å². The van der Waals surface area contributed by atoms with Gasteiger partial charge < -0.3 is 10.2 Å². The van der Waals surface area contributed by atoms with E-state index in [1.165, 1.54) is 18.3 Å². The molecule has 1 heterocycles. The third-order valence-corrected chi connectivity index (χ3v) is 3.10. The maximum Gasteiger partial charge on any atom is 0.274 e. The summed E-state index contributed by atoms with van der Waals surface area (Å²) in [6.07, 6.45) is 1.49. The lowest BCUT2D eigenvalue weighted by Crippen LogP contribution is -2.25. The second kappa shape index (κ2) is 6.93. The van der Waals surface area contributed by atoms with E-state index in [0.29, 0.717) is 19.0 Å². The van der Waals surface area contributed by atoms with Crippen LogP contribution >= 0.6 is 0 Å². The van der Waals surface area contributed by atoms with E-state index in [0.717, 1.165) is 12.1 Å². The van der Waals surface area contributed by atoms with Crippen LogP contribution in [0.3, 0.4) is 0 Å². The van der Waals surface area contributed by atoms with Crippen molar-refractivity contribution >= 4 is 17.5 Å². The highest BCUT2D eigenvalue weighted by Gasteiger charge is 2.12. The van der Waals surface area contributed by atoms with Gasteiger partial charge in [0.25, 0.3) is 5.91 Å². The van der Waals surface area contributed by atoms with Crippen molar-refractivity contribution < 1.29 is 13.6 Å². The standard InChI is InChI=1S/C15H16F2N4O/c1-3-21(4-2)15-18-8-7-13(20-15)14(22)19-10-5-6-11(16)12(17)9-10/h5-9H,3-4H2,1-2H3,(H,19,22). The predicted octanol–water partition coefficient (Wildman–Crippen LogP) is 2.85. The van der Waals surface area contributed by atoms with Crippen molar-refractivity contribution in [2.24, 2.45) is 0 Å². The molecule has 0 bridgehead atoms. The van der Waals surface area contributed by atoms with Crippen LogP contribution in [0.2, 0.25) is 0 Å². The molecule has 0 radical (unpaired) electrons. The molecule has 0 fully saturated rings. The van der Waals surface area contributed by atoms with Gasteiger partial charge in [0, 0.05) is 31.0 Å². The monoisotopic (exact) mass is 306 g/mol. The van der Waals surface area contributed by atoms with Crippen LogP contribution in [0.5, 0.6) is 0 Å². The number of nitrogens with zero attached hydrogens (tertiary/aromatic N) is 3. The summed E-state index contributed by atoms with van der Waals surface area (Å²) in [6.45, 7) is 5.34. The number of hydrogen-bond acceptors (Lipinski definition) is 4. The average Bonchev–Trinajstić information content (AvgIpc) is 2.52. The number of anilines is 2. The van der Waals surface area contributed by atoms with E-state index >= 15 is 0 Å². The molecular formula is C15H16F2N4O. The number of amides is 1. The average molecular weight is 306 g/mol. The molecule has 0 saturated carbocycles. The summed E-state index contributed by atoms with van der Waals surface area (Å²) in [5, 5.41) is 2.47. The van der Waals surface area contributed by atoms with E-state index in [1.54, 1.807) is 0 Å². The first-order valence-corrected chi connectivity index (χ1v) is 6.89. The van der Waals surface area contributed by atoms with Gasteiger partial charge in [-0.3, -0.25) is 4.79 Å². The minimum Gasteiger partial charge on any atom is -0.341 e. The second-order valence-electron chi connectivity index (χ2n) is 4.50. The predicted molar refractivity (Wildman–Crippen MR) is 79.9 cm³/mol. The van der Waals surface area contributed by atoms with Crippen molar-refractivity contribution in [1.82, 2.24) is 9.97 Å². The molecule has 0 aliphatic carbocycles. The maximum absolute atomic E-state index is 13.1. The molecule has 0 unspecified atom stereocenters. The molecule has 0 atom stereocenters. The third kappa shape index (κ3) is 3.55.